The van der Waals surface area contributed by atoms with Crippen molar-refractivity contribution in [1.29, 1.82) is 0 Å². The fraction of sp³-hybridized carbons (Fsp3) is 0.355. The van der Waals surface area contributed by atoms with Crippen LogP contribution in [0.25, 0.3) is 21.7 Å². The molecular formula is C31H35N3O2. The van der Waals surface area contributed by atoms with Crippen molar-refractivity contribution in [2.45, 2.75) is 44.9 Å². The van der Waals surface area contributed by atoms with Gasteiger partial charge in [0.05, 0.1) is 5.52 Å². The molecule has 3 aliphatic heterocycles. The van der Waals surface area contributed by atoms with Crippen molar-refractivity contribution in [3.8, 4) is 5.75 Å². The van der Waals surface area contributed by atoms with Crippen LogP contribution in [0, 0.1) is 13.8 Å². The van der Waals surface area contributed by atoms with E-state index >= 15 is 0 Å². The Hall–Kier alpha value is -3.28. The first kappa shape index (κ1) is 23.1. The summed E-state index contributed by atoms with van der Waals surface area (Å²) in [5, 5.41) is 14.6. The fourth-order valence-corrected chi connectivity index (χ4v) is 5.94. The molecule has 3 unspecified atom stereocenters. The maximum absolute atomic E-state index is 11.0. The zero-order valence-electron chi connectivity index (χ0n) is 21.2. The molecule has 3 atom stereocenters. The summed E-state index contributed by atoms with van der Waals surface area (Å²) in [5.41, 5.74) is 4.73. The Morgan fingerprint density at radius 2 is 1.75 bits per heavy atom. The minimum absolute atomic E-state index is 0.292. The van der Waals surface area contributed by atoms with Gasteiger partial charge in [-0.3, -0.25) is 4.90 Å². The zero-order chi connectivity index (χ0) is 24.6. The van der Waals surface area contributed by atoms with Crippen LogP contribution in [-0.2, 0) is 0 Å². The average Bonchev–Trinajstić information content (AvgIpc) is 3.27. The third-order valence-electron chi connectivity index (χ3n) is 7.83. The monoisotopic (exact) mass is 481 g/mol. The standard InChI is InChI=1S/C31H35N3O2/c1-21-11-14-30(29-15-22(2)32-31(21)29)36-20-28(35)19-33-17-27-10-6-5-9-26(33)18-34(27)25-13-12-23-7-3-4-8-24(23)16-25/h3-8,11-16,26-28,32,35H,9-10,17-20H2,1-2H3. The van der Waals surface area contributed by atoms with Gasteiger partial charge in [-0.15, -0.1) is 0 Å². The van der Waals surface area contributed by atoms with Gasteiger partial charge in [-0.05, 0) is 67.3 Å². The number of aryl methyl sites for hydroxylation is 2. The zero-order valence-corrected chi connectivity index (χ0v) is 21.2. The highest BCUT2D eigenvalue weighted by atomic mass is 16.5. The lowest BCUT2D eigenvalue weighted by molar-refractivity contribution is 0.0409. The maximum atomic E-state index is 11.0. The maximum Gasteiger partial charge on any atom is 0.128 e. The van der Waals surface area contributed by atoms with Crippen LogP contribution in [0.1, 0.15) is 24.1 Å². The van der Waals surface area contributed by atoms with E-state index in [2.05, 4.69) is 95.4 Å². The minimum Gasteiger partial charge on any atom is -0.490 e. The summed E-state index contributed by atoms with van der Waals surface area (Å²) in [6.07, 6.45) is 6.15. The quantitative estimate of drug-likeness (QED) is 0.353. The molecule has 0 radical (unpaired) electrons. The Morgan fingerprint density at radius 1 is 0.944 bits per heavy atom. The van der Waals surface area contributed by atoms with Crippen LogP contribution in [0.4, 0.5) is 5.69 Å². The van der Waals surface area contributed by atoms with Gasteiger partial charge in [0, 0.05) is 48.5 Å². The van der Waals surface area contributed by atoms with E-state index in [1.165, 1.54) is 22.0 Å². The van der Waals surface area contributed by atoms with Crippen molar-refractivity contribution in [2.24, 2.45) is 0 Å². The van der Waals surface area contributed by atoms with Gasteiger partial charge in [0.15, 0.2) is 0 Å². The normalized spacial score (nSPS) is 21.1. The summed E-state index contributed by atoms with van der Waals surface area (Å²) in [7, 11) is 0. The molecule has 0 saturated carbocycles. The van der Waals surface area contributed by atoms with E-state index in [1.54, 1.807) is 0 Å². The number of fused-ring (bicyclic) bond motifs is 6. The molecule has 7 rings (SSSR count). The lowest BCUT2D eigenvalue weighted by atomic mass is 9.96. The summed E-state index contributed by atoms with van der Waals surface area (Å²) in [5.74, 6) is 0.832. The second-order valence-electron chi connectivity index (χ2n) is 10.5. The number of piperazine rings is 1. The summed E-state index contributed by atoms with van der Waals surface area (Å²) in [4.78, 5) is 8.47. The number of aromatic amines is 1. The predicted molar refractivity (Wildman–Crippen MR) is 148 cm³/mol. The lowest BCUT2D eigenvalue weighted by Crippen LogP contribution is -2.60. The van der Waals surface area contributed by atoms with Gasteiger partial charge in [0.2, 0.25) is 0 Å². The molecule has 3 aliphatic rings. The average molecular weight is 482 g/mol. The molecule has 2 N–H and O–H groups in total. The molecule has 5 nitrogen and oxygen atoms in total. The molecule has 0 amide bonds. The van der Waals surface area contributed by atoms with E-state index in [4.69, 9.17) is 4.74 Å². The first-order valence-corrected chi connectivity index (χ1v) is 13.1. The molecule has 36 heavy (non-hydrogen) atoms. The molecule has 3 aromatic carbocycles. The second kappa shape index (κ2) is 9.64. The second-order valence-corrected chi connectivity index (χ2v) is 10.5. The summed E-state index contributed by atoms with van der Waals surface area (Å²) >= 11 is 0. The van der Waals surface area contributed by atoms with Crippen molar-refractivity contribution in [3.05, 3.63) is 84.1 Å². The number of nitrogens with zero attached hydrogens (tertiary/aromatic N) is 2. The van der Waals surface area contributed by atoms with Crippen molar-refractivity contribution in [2.75, 3.05) is 31.1 Å². The number of benzene rings is 3. The number of aliphatic hydroxyl groups excluding tert-OH is 1. The highest BCUT2D eigenvalue weighted by molar-refractivity contribution is 5.89. The molecule has 1 aromatic heterocycles. The molecule has 186 valence electrons. The molecular weight excluding hydrogens is 446 g/mol. The topological polar surface area (TPSA) is 51.7 Å². The lowest BCUT2D eigenvalue weighted by Gasteiger charge is -2.48. The van der Waals surface area contributed by atoms with Gasteiger partial charge < -0.3 is 19.7 Å². The van der Waals surface area contributed by atoms with Crippen molar-refractivity contribution in [1.82, 2.24) is 9.88 Å². The Morgan fingerprint density at radius 3 is 2.61 bits per heavy atom. The summed E-state index contributed by atoms with van der Waals surface area (Å²) in [6, 6.07) is 22.4. The van der Waals surface area contributed by atoms with Crippen LogP contribution in [0.2, 0.25) is 0 Å². The van der Waals surface area contributed by atoms with E-state index in [0.29, 0.717) is 25.2 Å². The van der Waals surface area contributed by atoms with E-state index in [0.717, 1.165) is 48.3 Å². The molecule has 1 fully saturated rings. The highest BCUT2D eigenvalue weighted by Gasteiger charge is 2.35. The van der Waals surface area contributed by atoms with Crippen molar-refractivity contribution >= 4 is 27.4 Å². The number of rotatable bonds is 6. The van der Waals surface area contributed by atoms with Crippen molar-refractivity contribution < 1.29 is 9.84 Å². The first-order chi connectivity index (χ1) is 17.5. The number of anilines is 1. The van der Waals surface area contributed by atoms with Gasteiger partial charge in [-0.25, -0.2) is 0 Å². The molecule has 5 heteroatoms. The Labute approximate surface area is 213 Å². The fourth-order valence-electron chi connectivity index (χ4n) is 5.94. The van der Waals surface area contributed by atoms with Crippen LogP contribution in [0.3, 0.4) is 0 Å². The van der Waals surface area contributed by atoms with Gasteiger partial charge in [-0.1, -0.05) is 48.6 Å². The van der Waals surface area contributed by atoms with E-state index < -0.39 is 6.10 Å². The third-order valence-corrected chi connectivity index (χ3v) is 7.83. The van der Waals surface area contributed by atoms with E-state index in [-0.39, 0.29) is 0 Å². The molecule has 0 aliphatic carbocycles. The van der Waals surface area contributed by atoms with E-state index in [9.17, 15) is 5.11 Å². The summed E-state index contributed by atoms with van der Waals surface area (Å²) < 4.78 is 6.14. The molecule has 4 heterocycles. The van der Waals surface area contributed by atoms with Crippen LogP contribution < -0.4 is 9.64 Å². The van der Waals surface area contributed by atoms with Crippen LogP contribution in [0.5, 0.6) is 5.75 Å². The Bertz CT molecular complexity index is 1410. The van der Waals surface area contributed by atoms with Gasteiger partial charge in [0.25, 0.3) is 0 Å². The molecule has 0 spiro atoms. The third kappa shape index (κ3) is 4.49. The van der Waals surface area contributed by atoms with E-state index in [1.807, 2.05) is 6.07 Å². The number of hydrogen-bond donors (Lipinski definition) is 2. The number of ether oxygens (including phenoxy) is 1. The molecule has 2 bridgehead atoms. The number of aliphatic hydroxyl groups is 1. The molecule has 4 aromatic rings. The first-order valence-electron chi connectivity index (χ1n) is 13.1. The van der Waals surface area contributed by atoms with Gasteiger partial charge >= 0.3 is 0 Å². The minimum atomic E-state index is -0.542. The van der Waals surface area contributed by atoms with Crippen LogP contribution >= 0.6 is 0 Å². The number of aromatic nitrogens is 1. The summed E-state index contributed by atoms with van der Waals surface area (Å²) in [6.45, 7) is 7.00. The highest BCUT2D eigenvalue weighted by Crippen LogP contribution is 2.32. The SMILES string of the molecule is Cc1cc2c(OCC(O)CN3CC4CC=CCC3CN4c3ccc4ccccc4c3)ccc(C)c2[nH]1. The van der Waals surface area contributed by atoms with Crippen molar-refractivity contribution in [3.63, 3.8) is 0 Å². The van der Waals surface area contributed by atoms with Gasteiger partial charge in [-0.2, -0.15) is 0 Å². The number of H-pyrrole nitrogens is 1. The predicted octanol–water partition coefficient (Wildman–Crippen LogP) is 5.59. The van der Waals surface area contributed by atoms with Crippen LogP contribution in [0.15, 0.2) is 72.8 Å². The number of nitrogens with one attached hydrogen (secondary N) is 1. The number of hydrogen-bond acceptors (Lipinski definition) is 4. The Balaban J connectivity index is 1.14. The smallest absolute Gasteiger partial charge is 0.128 e. The van der Waals surface area contributed by atoms with Crippen LogP contribution in [-0.4, -0.2) is 59.4 Å². The molecule has 1 saturated heterocycles. The Kier molecular flexibility index (Phi) is 6.20. The largest absolute Gasteiger partial charge is 0.490 e. The van der Waals surface area contributed by atoms with Gasteiger partial charge in [0.1, 0.15) is 18.5 Å².